The molecule has 1 amide bonds. The maximum absolute atomic E-state index is 12.0. The van der Waals surface area contributed by atoms with Crippen LogP contribution in [0.5, 0.6) is 0 Å². The average molecular weight is 284 g/mol. The first-order valence-electron chi connectivity index (χ1n) is 8.03. The number of hydrogen-bond acceptors (Lipinski definition) is 3. The number of alkyl carbamates (subject to hydrolysis) is 1. The Hall–Kier alpha value is -0.770. The largest absolute Gasteiger partial charge is 0.444 e. The van der Waals surface area contributed by atoms with Crippen LogP contribution in [0, 0.1) is 5.92 Å². The van der Waals surface area contributed by atoms with Gasteiger partial charge in [0.25, 0.3) is 0 Å². The van der Waals surface area contributed by atoms with Crippen LogP contribution in [0.15, 0.2) is 0 Å². The molecule has 1 aliphatic heterocycles. The molecule has 0 aromatic heterocycles. The number of rotatable bonds is 5. The molecule has 1 rings (SSSR count). The van der Waals surface area contributed by atoms with Crippen LogP contribution in [0.4, 0.5) is 4.79 Å². The summed E-state index contributed by atoms with van der Waals surface area (Å²) in [4.78, 5) is 14.4. The fourth-order valence-electron chi connectivity index (χ4n) is 2.53. The Morgan fingerprint density at radius 2 is 1.85 bits per heavy atom. The highest BCUT2D eigenvalue weighted by atomic mass is 16.6. The zero-order valence-corrected chi connectivity index (χ0v) is 13.9. The third-order valence-corrected chi connectivity index (χ3v) is 3.94. The van der Waals surface area contributed by atoms with Gasteiger partial charge in [-0.2, -0.15) is 0 Å². The lowest BCUT2D eigenvalue weighted by Crippen LogP contribution is -2.49. The van der Waals surface area contributed by atoms with E-state index < -0.39 is 5.60 Å². The summed E-state index contributed by atoms with van der Waals surface area (Å²) in [6, 6.07) is 0.174. The van der Waals surface area contributed by atoms with Crippen LogP contribution in [0.3, 0.4) is 0 Å². The van der Waals surface area contributed by atoms with Crippen LogP contribution in [0.1, 0.15) is 60.3 Å². The standard InChI is InChI=1S/C16H32N2O2/c1-6-13(2)14(12-18-10-8-7-9-11-18)17-15(19)20-16(3,4)5/h13-14H,6-12H2,1-5H3,(H,17,19)/t13-,14+/m0/s1. The van der Waals surface area contributed by atoms with E-state index in [0.717, 1.165) is 26.1 Å². The SMILES string of the molecule is CC[C@H](C)[C@@H](CN1CCCCC1)NC(=O)OC(C)(C)C. The average Bonchev–Trinajstić information content (AvgIpc) is 2.36. The fraction of sp³-hybridized carbons (Fsp3) is 0.938. The van der Waals surface area contributed by atoms with Crippen molar-refractivity contribution >= 4 is 6.09 Å². The van der Waals surface area contributed by atoms with Crippen molar-refractivity contribution in [3.05, 3.63) is 0 Å². The van der Waals surface area contributed by atoms with E-state index in [1.165, 1.54) is 19.3 Å². The van der Waals surface area contributed by atoms with Crippen molar-refractivity contribution in [1.29, 1.82) is 0 Å². The first-order chi connectivity index (χ1) is 9.31. The summed E-state index contributed by atoms with van der Waals surface area (Å²) in [6.07, 6.45) is 4.66. The van der Waals surface area contributed by atoms with Crippen LogP contribution in [-0.2, 0) is 4.74 Å². The maximum atomic E-state index is 12.0. The summed E-state index contributed by atoms with van der Waals surface area (Å²) >= 11 is 0. The topological polar surface area (TPSA) is 41.6 Å². The van der Waals surface area contributed by atoms with Crippen LogP contribution < -0.4 is 5.32 Å². The van der Waals surface area contributed by atoms with Crippen molar-refractivity contribution in [2.75, 3.05) is 19.6 Å². The number of nitrogens with one attached hydrogen (secondary N) is 1. The lowest BCUT2D eigenvalue weighted by Gasteiger charge is -2.33. The van der Waals surface area contributed by atoms with Gasteiger partial charge in [-0.1, -0.05) is 26.7 Å². The van der Waals surface area contributed by atoms with Gasteiger partial charge < -0.3 is 15.0 Å². The van der Waals surface area contributed by atoms with E-state index in [-0.39, 0.29) is 12.1 Å². The van der Waals surface area contributed by atoms with Gasteiger partial charge in [0, 0.05) is 12.6 Å². The van der Waals surface area contributed by atoms with Crippen LogP contribution >= 0.6 is 0 Å². The van der Waals surface area contributed by atoms with Crippen molar-refractivity contribution in [3.63, 3.8) is 0 Å². The number of piperidine rings is 1. The van der Waals surface area contributed by atoms with Crippen molar-refractivity contribution in [2.45, 2.75) is 71.9 Å². The minimum Gasteiger partial charge on any atom is -0.444 e. The third-order valence-electron chi connectivity index (χ3n) is 3.94. The molecule has 0 radical (unpaired) electrons. The summed E-state index contributed by atoms with van der Waals surface area (Å²) in [5, 5.41) is 3.07. The lowest BCUT2D eigenvalue weighted by atomic mass is 9.98. The van der Waals surface area contributed by atoms with Gasteiger partial charge in [-0.05, 0) is 52.6 Å². The van der Waals surface area contributed by atoms with Crippen LogP contribution in [0.25, 0.3) is 0 Å². The highest BCUT2D eigenvalue weighted by molar-refractivity contribution is 5.68. The van der Waals surface area contributed by atoms with E-state index in [0.29, 0.717) is 5.92 Å². The van der Waals surface area contributed by atoms with Gasteiger partial charge in [-0.15, -0.1) is 0 Å². The molecular weight excluding hydrogens is 252 g/mol. The number of carbonyl (C=O) groups excluding carboxylic acids is 1. The summed E-state index contributed by atoms with van der Waals surface area (Å²) in [7, 11) is 0. The summed E-state index contributed by atoms with van der Waals surface area (Å²) < 4.78 is 5.38. The highest BCUT2D eigenvalue weighted by Crippen LogP contribution is 2.15. The first-order valence-corrected chi connectivity index (χ1v) is 8.03. The molecule has 118 valence electrons. The molecule has 0 aliphatic carbocycles. The van der Waals surface area contributed by atoms with E-state index in [9.17, 15) is 4.79 Å². The number of amides is 1. The van der Waals surface area contributed by atoms with Gasteiger partial charge in [-0.3, -0.25) is 0 Å². The van der Waals surface area contributed by atoms with E-state index >= 15 is 0 Å². The lowest BCUT2D eigenvalue weighted by molar-refractivity contribution is 0.0465. The Balaban J connectivity index is 2.52. The zero-order chi connectivity index (χ0) is 15.2. The summed E-state index contributed by atoms with van der Waals surface area (Å²) in [5.41, 5.74) is -0.435. The number of nitrogens with zero attached hydrogens (tertiary/aromatic N) is 1. The second kappa shape index (κ2) is 7.87. The van der Waals surface area contributed by atoms with Crippen LogP contribution in [0.2, 0.25) is 0 Å². The Morgan fingerprint density at radius 1 is 1.25 bits per heavy atom. The van der Waals surface area contributed by atoms with Gasteiger partial charge in [0.1, 0.15) is 5.60 Å². The Kier molecular flexibility index (Phi) is 6.80. The zero-order valence-electron chi connectivity index (χ0n) is 13.9. The minimum atomic E-state index is -0.435. The number of carbonyl (C=O) groups is 1. The van der Waals surface area contributed by atoms with Gasteiger partial charge in [0.05, 0.1) is 0 Å². The summed E-state index contributed by atoms with van der Waals surface area (Å²) in [6.45, 7) is 13.3. The number of ether oxygens (including phenoxy) is 1. The number of hydrogen-bond donors (Lipinski definition) is 1. The number of likely N-dealkylation sites (tertiary alicyclic amines) is 1. The molecule has 1 N–H and O–H groups in total. The smallest absolute Gasteiger partial charge is 0.407 e. The molecule has 0 aromatic carbocycles. The predicted molar refractivity (Wildman–Crippen MR) is 82.9 cm³/mol. The second-order valence-electron chi connectivity index (χ2n) is 7.00. The van der Waals surface area contributed by atoms with Gasteiger partial charge in [0.15, 0.2) is 0 Å². The molecule has 1 fully saturated rings. The molecule has 0 aromatic rings. The normalized spacial score (nSPS) is 20.2. The predicted octanol–water partition coefficient (Wildman–Crippen LogP) is 3.41. The molecule has 0 saturated carbocycles. The molecule has 1 aliphatic rings. The molecular formula is C16H32N2O2. The quantitative estimate of drug-likeness (QED) is 0.841. The molecule has 20 heavy (non-hydrogen) atoms. The molecule has 2 atom stereocenters. The highest BCUT2D eigenvalue weighted by Gasteiger charge is 2.25. The monoisotopic (exact) mass is 284 g/mol. The molecule has 1 saturated heterocycles. The fourth-order valence-corrected chi connectivity index (χ4v) is 2.53. The Labute approximate surface area is 124 Å². The molecule has 4 heteroatoms. The Bertz CT molecular complexity index is 293. The first kappa shape index (κ1) is 17.3. The van der Waals surface area contributed by atoms with Gasteiger partial charge in [-0.25, -0.2) is 4.79 Å². The van der Waals surface area contributed by atoms with E-state index in [2.05, 4.69) is 24.1 Å². The molecule has 0 unspecified atom stereocenters. The third kappa shape index (κ3) is 6.60. The second-order valence-corrected chi connectivity index (χ2v) is 7.00. The van der Waals surface area contributed by atoms with Crippen molar-refractivity contribution < 1.29 is 9.53 Å². The van der Waals surface area contributed by atoms with Crippen molar-refractivity contribution in [1.82, 2.24) is 10.2 Å². The van der Waals surface area contributed by atoms with Crippen molar-refractivity contribution in [2.24, 2.45) is 5.92 Å². The van der Waals surface area contributed by atoms with Gasteiger partial charge in [0.2, 0.25) is 0 Å². The van der Waals surface area contributed by atoms with E-state index in [1.807, 2.05) is 20.8 Å². The van der Waals surface area contributed by atoms with E-state index in [4.69, 9.17) is 4.74 Å². The minimum absolute atomic E-state index is 0.174. The Morgan fingerprint density at radius 3 is 2.35 bits per heavy atom. The van der Waals surface area contributed by atoms with Crippen LogP contribution in [-0.4, -0.2) is 42.3 Å². The maximum Gasteiger partial charge on any atom is 0.407 e. The molecule has 0 bridgehead atoms. The summed E-state index contributed by atoms with van der Waals surface area (Å²) in [5.74, 6) is 0.462. The molecule has 0 spiro atoms. The van der Waals surface area contributed by atoms with Crippen molar-refractivity contribution in [3.8, 4) is 0 Å². The molecule has 4 nitrogen and oxygen atoms in total. The molecule has 1 heterocycles. The van der Waals surface area contributed by atoms with Gasteiger partial charge >= 0.3 is 6.09 Å². The van der Waals surface area contributed by atoms with E-state index in [1.54, 1.807) is 0 Å².